The summed E-state index contributed by atoms with van der Waals surface area (Å²) in [5.74, 6) is 0.869. The first-order valence-electron chi connectivity index (χ1n) is 8.89. The van der Waals surface area contributed by atoms with E-state index in [0.717, 1.165) is 11.1 Å². The Labute approximate surface area is 167 Å². The topological polar surface area (TPSA) is 125 Å². The second-order valence-corrected chi connectivity index (χ2v) is 6.97. The molecule has 10 heteroatoms. The number of nitrogens with one attached hydrogen (secondary N) is 4. The molecular weight excluding hydrogens is 382 g/mol. The van der Waals surface area contributed by atoms with E-state index in [1.807, 2.05) is 18.4 Å². The van der Waals surface area contributed by atoms with Gasteiger partial charge in [0, 0.05) is 18.5 Å². The number of ether oxygens (including phenoxy) is 1. The average Bonchev–Trinajstić information content (AvgIpc) is 2.72. The van der Waals surface area contributed by atoms with Crippen LogP contribution < -0.4 is 21.5 Å². The van der Waals surface area contributed by atoms with Crippen LogP contribution in [0, 0.1) is 0 Å². The molecule has 0 fully saturated rings. The van der Waals surface area contributed by atoms with Crippen molar-refractivity contribution in [2.45, 2.75) is 18.9 Å². The van der Waals surface area contributed by atoms with Crippen molar-refractivity contribution in [1.29, 1.82) is 0 Å². The molecule has 2 aromatic rings. The summed E-state index contributed by atoms with van der Waals surface area (Å²) in [6.07, 6.45) is 3.08. The standard InChI is InChI=1S/C18H25N5O4S/c1-27-17(25)14(8-11-28-2)21-18(26)20-10-5-9-19-15-12-6-3-4-7-13(12)16(24)23-22-15/h3-4,6-7,14H,5,8-11H2,1-2H3,(H,19,22)(H,23,24)(H2,20,21,26)/t14-/m1/s1. The van der Waals surface area contributed by atoms with Gasteiger partial charge in [-0.05, 0) is 30.9 Å². The number of aromatic nitrogens is 2. The molecule has 9 nitrogen and oxygen atoms in total. The van der Waals surface area contributed by atoms with Crippen LogP contribution in [0.5, 0.6) is 0 Å². The normalized spacial score (nSPS) is 11.6. The molecule has 0 spiro atoms. The molecule has 2 rings (SSSR count). The van der Waals surface area contributed by atoms with Crippen molar-refractivity contribution in [1.82, 2.24) is 20.8 Å². The van der Waals surface area contributed by atoms with Gasteiger partial charge < -0.3 is 20.7 Å². The van der Waals surface area contributed by atoms with Crippen molar-refractivity contribution < 1.29 is 14.3 Å². The van der Waals surface area contributed by atoms with Crippen LogP contribution in [0.2, 0.25) is 0 Å². The molecule has 0 radical (unpaired) electrons. The zero-order chi connectivity index (χ0) is 20.4. The summed E-state index contributed by atoms with van der Waals surface area (Å²) in [7, 11) is 1.30. The molecule has 2 amide bonds. The maximum Gasteiger partial charge on any atom is 0.328 e. The van der Waals surface area contributed by atoms with Gasteiger partial charge in [0.2, 0.25) is 0 Å². The number of hydrogen-bond donors (Lipinski definition) is 4. The van der Waals surface area contributed by atoms with Crippen LogP contribution in [0.15, 0.2) is 29.1 Å². The fourth-order valence-electron chi connectivity index (χ4n) is 2.58. The lowest BCUT2D eigenvalue weighted by Crippen LogP contribution is -2.47. The van der Waals surface area contributed by atoms with E-state index in [1.165, 1.54) is 7.11 Å². The first-order chi connectivity index (χ1) is 13.6. The first kappa shape index (κ1) is 21.5. The van der Waals surface area contributed by atoms with Crippen molar-refractivity contribution in [3.63, 3.8) is 0 Å². The fraction of sp³-hybridized carbons (Fsp3) is 0.444. The number of carbonyl (C=O) groups is 2. The third-order valence-electron chi connectivity index (χ3n) is 4.03. The van der Waals surface area contributed by atoms with Gasteiger partial charge in [0.05, 0.1) is 12.5 Å². The molecule has 1 aromatic carbocycles. The number of urea groups is 1. The number of thioether (sulfide) groups is 1. The van der Waals surface area contributed by atoms with Crippen molar-refractivity contribution in [2.24, 2.45) is 0 Å². The molecule has 0 aliphatic carbocycles. The van der Waals surface area contributed by atoms with Gasteiger partial charge >= 0.3 is 12.0 Å². The fourth-order valence-corrected chi connectivity index (χ4v) is 3.05. The van der Waals surface area contributed by atoms with Crippen LogP contribution in [0.4, 0.5) is 10.6 Å². The Morgan fingerprint density at radius 2 is 2.00 bits per heavy atom. The highest BCUT2D eigenvalue weighted by Gasteiger charge is 2.20. The van der Waals surface area contributed by atoms with Gasteiger partial charge in [-0.15, -0.1) is 0 Å². The molecule has 1 heterocycles. The van der Waals surface area contributed by atoms with Gasteiger partial charge in [0.1, 0.15) is 6.04 Å². The molecule has 0 bridgehead atoms. The number of esters is 1. The van der Waals surface area contributed by atoms with Crippen molar-refractivity contribution >= 4 is 40.4 Å². The third-order valence-corrected chi connectivity index (χ3v) is 4.67. The second-order valence-electron chi connectivity index (χ2n) is 5.98. The quantitative estimate of drug-likeness (QED) is 0.346. The maximum atomic E-state index is 12.0. The Kier molecular flexibility index (Phi) is 8.60. The van der Waals surface area contributed by atoms with E-state index in [9.17, 15) is 14.4 Å². The van der Waals surface area contributed by atoms with Gasteiger partial charge in [-0.2, -0.15) is 16.9 Å². The number of benzene rings is 1. The van der Waals surface area contributed by atoms with Crippen LogP contribution in [-0.4, -0.2) is 60.4 Å². The maximum absolute atomic E-state index is 12.0. The lowest BCUT2D eigenvalue weighted by atomic mass is 10.2. The minimum absolute atomic E-state index is 0.235. The molecule has 1 aromatic heterocycles. The number of carbonyl (C=O) groups excluding carboxylic acids is 2. The molecule has 0 aliphatic rings. The SMILES string of the molecule is COC(=O)[C@@H](CCSC)NC(=O)NCCCNc1n[nH]c(=O)c2ccccc12. The molecule has 0 aliphatic heterocycles. The van der Waals surface area contributed by atoms with Crippen molar-refractivity contribution in [3.05, 3.63) is 34.6 Å². The predicted molar refractivity (Wildman–Crippen MR) is 111 cm³/mol. The molecule has 4 N–H and O–H groups in total. The second kappa shape index (κ2) is 11.2. The Morgan fingerprint density at radius 1 is 1.25 bits per heavy atom. The summed E-state index contributed by atoms with van der Waals surface area (Å²) in [6.45, 7) is 0.965. The lowest BCUT2D eigenvalue weighted by Gasteiger charge is -2.16. The zero-order valence-corrected chi connectivity index (χ0v) is 16.7. The summed E-state index contributed by atoms with van der Waals surface area (Å²) in [5, 5.41) is 16.3. The molecule has 0 saturated carbocycles. The van der Waals surface area contributed by atoms with Crippen LogP contribution in [0.1, 0.15) is 12.8 Å². The number of nitrogens with zero attached hydrogens (tertiary/aromatic N) is 1. The first-order valence-corrected chi connectivity index (χ1v) is 10.3. The molecule has 1 atom stereocenters. The number of hydrogen-bond acceptors (Lipinski definition) is 7. The number of rotatable bonds is 10. The molecule has 152 valence electrons. The van der Waals surface area contributed by atoms with E-state index in [0.29, 0.717) is 37.1 Å². The Bertz CT molecular complexity index is 857. The summed E-state index contributed by atoms with van der Waals surface area (Å²) >= 11 is 1.59. The Morgan fingerprint density at radius 3 is 2.71 bits per heavy atom. The lowest BCUT2D eigenvalue weighted by molar-refractivity contribution is -0.142. The number of methoxy groups -OCH3 is 1. The van der Waals surface area contributed by atoms with Crippen LogP contribution in [0.25, 0.3) is 10.8 Å². The number of aromatic amines is 1. The number of anilines is 1. The summed E-state index contributed by atoms with van der Waals surface area (Å²) in [4.78, 5) is 35.4. The van der Waals surface area contributed by atoms with E-state index in [1.54, 1.807) is 23.9 Å². The molecule has 0 saturated heterocycles. The largest absolute Gasteiger partial charge is 0.467 e. The van der Waals surface area contributed by atoms with E-state index in [-0.39, 0.29) is 5.56 Å². The number of H-pyrrole nitrogens is 1. The Hall–Kier alpha value is -2.75. The van der Waals surface area contributed by atoms with E-state index >= 15 is 0 Å². The van der Waals surface area contributed by atoms with Gasteiger partial charge in [-0.3, -0.25) is 4.79 Å². The van der Waals surface area contributed by atoms with Gasteiger partial charge in [0.25, 0.3) is 5.56 Å². The van der Waals surface area contributed by atoms with Crippen LogP contribution in [-0.2, 0) is 9.53 Å². The van der Waals surface area contributed by atoms with Gasteiger partial charge in [-0.1, -0.05) is 18.2 Å². The van der Waals surface area contributed by atoms with Crippen molar-refractivity contribution in [2.75, 3.05) is 37.5 Å². The summed E-state index contributed by atoms with van der Waals surface area (Å²) in [5.41, 5.74) is -0.235. The highest BCUT2D eigenvalue weighted by atomic mass is 32.2. The molecule has 0 unspecified atom stereocenters. The highest BCUT2D eigenvalue weighted by molar-refractivity contribution is 7.98. The van der Waals surface area contributed by atoms with Gasteiger partial charge in [0.15, 0.2) is 5.82 Å². The average molecular weight is 407 g/mol. The predicted octanol–water partition coefficient (Wildman–Crippen LogP) is 1.32. The minimum Gasteiger partial charge on any atom is -0.467 e. The smallest absolute Gasteiger partial charge is 0.328 e. The molecule has 28 heavy (non-hydrogen) atoms. The van der Waals surface area contributed by atoms with Crippen LogP contribution >= 0.6 is 11.8 Å². The highest BCUT2D eigenvalue weighted by Crippen LogP contribution is 2.16. The Balaban J connectivity index is 1.77. The molecular formula is C18H25N5O4S. The van der Waals surface area contributed by atoms with E-state index < -0.39 is 18.0 Å². The van der Waals surface area contributed by atoms with E-state index in [2.05, 4.69) is 26.1 Å². The number of amides is 2. The summed E-state index contributed by atoms with van der Waals surface area (Å²) in [6, 6.07) is 6.13. The third kappa shape index (κ3) is 6.15. The van der Waals surface area contributed by atoms with Crippen LogP contribution in [0.3, 0.4) is 0 Å². The van der Waals surface area contributed by atoms with Gasteiger partial charge in [-0.25, -0.2) is 14.7 Å². The zero-order valence-electron chi connectivity index (χ0n) is 15.9. The minimum atomic E-state index is -0.660. The monoisotopic (exact) mass is 407 g/mol. The summed E-state index contributed by atoms with van der Waals surface area (Å²) < 4.78 is 4.71. The van der Waals surface area contributed by atoms with Crippen molar-refractivity contribution in [3.8, 4) is 0 Å². The number of fused-ring (bicyclic) bond motifs is 1. The van der Waals surface area contributed by atoms with E-state index in [4.69, 9.17) is 4.74 Å².